The third kappa shape index (κ3) is 2.73. The summed E-state index contributed by atoms with van der Waals surface area (Å²) in [6.07, 6.45) is 1.57. The zero-order valence-corrected chi connectivity index (χ0v) is 13.4. The molecule has 0 saturated carbocycles. The maximum Gasteiger partial charge on any atom is 0.253 e. The van der Waals surface area contributed by atoms with Gasteiger partial charge >= 0.3 is 0 Å². The standard InChI is InChI=1S/C18H14N4O4/c23-11-3-9(4-12(24)6-11)7-19-15-16(18(26)17(15)25)22-10-1-2-13-14(5-10)21-8-20-13/h1-6,8,19,22-24H,7H2,(H,20,21). The van der Waals surface area contributed by atoms with Crippen molar-refractivity contribution in [2.75, 3.05) is 10.6 Å². The number of hydrogen-bond donors (Lipinski definition) is 5. The van der Waals surface area contributed by atoms with E-state index in [-0.39, 0.29) is 29.4 Å². The van der Waals surface area contributed by atoms with Crippen molar-refractivity contribution >= 4 is 28.1 Å². The molecular weight excluding hydrogens is 336 g/mol. The minimum atomic E-state index is -0.613. The fourth-order valence-electron chi connectivity index (χ4n) is 2.78. The van der Waals surface area contributed by atoms with E-state index in [1.807, 2.05) is 6.07 Å². The SMILES string of the molecule is O=c1c(NCc2cc(O)cc(O)c2)c(Nc2ccc3[nH]cnc3c2)c1=O. The normalized spacial score (nSPS) is 11.1. The average molecular weight is 350 g/mol. The zero-order valence-electron chi connectivity index (χ0n) is 13.4. The van der Waals surface area contributed by atoms with Crippen LogP contribution in [0.4, 0.5) is 17.1 Å². The Hall–Kier alpha value is -3.81. The summed E-state index contributed by atoms with van der Waals surface area (Å²) in [7, 11) is 0. The topological polar surface area (TPSA) is 127 Å². The first-order valence-corrected chi connectivity index (χ1v) is 7.80. The van der Waals surface area contributed by atoms with Crippen LogP contribution < -0.4 is 21.5 Å². The Balaban J connectivity index is 1.55. The lowest BCUT2D eigenvalue weighted by Crippen LogP contribution is -2.36. The summed E-state index contributed by atoms with van der Waals surface area (Å²) in [4.78, 5) is 30.9. The molecule has 0 fully saturated rings. The highest BCUT2D eigenvalue weighted by atomic mass is 16.3. The van der Waals surface area contributed by atoms with E-state index >= 15 is 0 Å². The molecule has 1 heterocycles. The van der Waals surface area contributed by atoms with Crippen LogP contribution in [-0.2, 0) is 6.54 Å². The second-order valence-corrected chi connectivity index (χ2v) is 5.88. The number of phenols is 2. The number of H-pyrrole nitrogens is 1. The largest absolute Gasteiger partial charge is 0.508 e. The number of aromatic hydroxyl groups is 2. The Morgan fingerprint density at radius 1 is 0.962 bits per heavy atom. The van der Waals surface area contributed by atoms with Crippen LogP contribution in [0.25, 0.3) is 11.0 Å². The van der Waals surface area contributed by atoms with Gasteiger partial charge in [-0.15, -0.1) is 0 Å². The fourth-order valence-corrected chi connectivity index (χ4v) is 2.78. The number of fused-ring (bicyclic) bond motifs is 1. The van der Waals surface area contributed by atoms with E-state index in [0.29, 0.717) is 11.3 Å². The van der Waals surface area contributed by atoms with Gasteiger partial charge in [-0.3, -0.25) is 9.59 Å². The van der Waals surface area contributed by atoms with Gasteiger partial charge in [0.1, 0.15) is 22.9 Å². The van der Waals surface area contributed by atoms with Gasteiger partial charge in [-0.2, -0.15) is 0 Å². The zero-order chi connectivity index (χ0) is 18.3. The minimum Gasteiger partial charge on any atom is -0.508 e. The van der Waals surface area contributed by atoms with Crippen LogP contribution in [-0.4, -0.2) is 20.2 Å². The van der Waals surface area contributed by atoms with Crippen molar-refractivity contribution in [3.05, 3.63) is 68.7 Å². The first-order chi connectivity index (χ1) is 12.5. The molecule has 0 amide bonds. The molecule has 4 aromatic rings. The molecule has 4 rings (SSSR count). The van der Waals surface area contributed by atoms with Gasteiger partial charge in [0.15, 0.2) is 0 Å². The molecule has 0 spiro atoms. The number of aromatic nitrogens is 2. The first kappa shape index (κ1) is 15.7. The lowest BCUT2D eigenvalue weighted by atomic mass is 10.1. The number of imidazole rings is 1. The van der Waals surface area contributed by atoms with Gasteiger partial charge in [0, 0.05) is 18.3 Å². The van der Waals surface area contributed by atoms with Crippen LogP contribution in [0.2, 0.25) is 0 Å². The van der Waals surface area contributed by atoms with E-state index < -0.39 is 10.9 Å². The van der Waals surface area contributed by atoms with Crippen molar-refractivity contribution in [1.29, 1.82) is 0 Å². The maximum absolute atomic E-state index is 11.9. The Kier molecular flexibility index (Phi) is 3.58. The van der Waals surface area contributed by atoms with Crippen molar-refractivity contribution in [3.8, 4) is 11.5 Å². The highest BCUT2D eigenvalue weighted by Crippen LogP contribution is 2.25. The molecule has 0 radical (unpaired) electrons. The highest BCUT2D eigenvalue weighted by Gasteiger charge is 2.21. The molecule has 26 heavy (non-hydrogen) atoms. The van der Waals surface area contributed by atoms with E-state index in [1.54, 1.807) is 18.5 Å². The van der Waals surface area contributed by atoms with E-state index in [1.165, 1.54) is 18.2 Å². The molecule has 5 N–H and O–H groups in total. The quantitative estimate of drug-likeness (QED) is 0.348. The average Bonchev–Trinajstić information content (AvgIpc) is 3.07. The summed E-state index contributed by atoms with van der Waals surface area (Å²) in [5.41, 5.74) is 1.93. The maximum atomic E-state index is 11.9. The van der Waals surface area contributed by atoms with E-state index in [0.717, 1.165) is 11.0 Å². The number of rotatable bonds is 5. The molecule has 8 heteroatoms. The van der Waals surface area contributed by atoms with Crippen LogP contribution in [0.5, 0.6) is 11.5 Å². The van der Waals surface area contributed by atoms with Gasteiger partial charge < -0.3 is 25.8 Å². The van der Waals surface area contributed by atoms with Gasteiger partial charge in [0.25, 0.3) is 10.9 Å². The molecule has 0 aliphatic heterocycles. The highest BCUT2D eigenvalue weighted by molar-refractivity contribution is 5.84. The summed E-state index contributed by atoms with van der Waals surface area (Å²) in [6, 6.07) is 9.47. The fraction of sp³-hybridized carbons (Fsp3) is 0.0556. The van der Waals surface area contributed by atoms with Crippen LogP contribution in [0.3, 0.4) is 0 Å². The number of aromatic amines is 1. The van der Waals surface area contributed by atoms with Gasteiger partial charge in [-0.1, -0.05) is 0 Å². The van der Waals surface area contributed by atoms with Crippen LogP contribution in [0.15, 0.2) is 52.3 Å². The lowest BCUT2D eigenvalue weighted by molar-refractivity contribution is 0.449. The summed E-state index contributed by atoms with van der Waals surface area (Å²) in [5.74, 6) is -0.171. The first-order valence-electron chi connectivity index (χ1n) is 7.80. The van der Waals surface area contributed by atoms with Gasteiger partial charge in [-0.25, -0.2) is 4.98 Å². The predicted molar refractivity (Wildman–Crippen MR) is 97.8 cm³/mol. The van der Waals surface area contributed by atoms with E-state index in [9.17, 15) is 19.8 Å². The van der Waals surface area contributed by atoms with Crippen molar-refractivity contribution in [1.82, 2.24) is 9.97 Å². The molecule has 130 valence electrons. The number of benzene rings is 2. The lowest BCUT2D eigenvalue weighted by Gasteiger charge is -2.15. The summed E-state index contributed by atoms with van der Waals surface area (Å²) in [6.45, 7) is 0.167. The number of nitrogens with one attached hydrogen (secondary N) is 3. The second-order valence-electron chi connectivity index (χ2n) is 5.88. The molecule has 0 bridgehead atoms. The second kappa shape index (κ2) is 5.92. The van der Waals surface area contributed by atoms with Crippen molar-refractivity contribution in [2.24, 2.45) is 0 Å². The third-order valence-electron chi connectivity index (χ3n) is 4.03. The molecule has 1 aromatic heterocycles. The molecule has 8 nitrogen and oxygen atoms in total. The molecule has 0 atom stereocenters. The number of hydrogen-bond acceptors (Lipinski definition) is 7. The molecule has 0 saturated heterocycles. The minimum absolute atomic E-state index is 0.0857. The van der Waals surface area contributed by atoms with Gasteiger partial charge in [0.2, 0.25) is 0 Å². The number of nitrogens with zero attached hydrogens (tertiary/aromatic N) is 1. The smallest absolute Gasteiger partial charge is 0.253 e. The van der Waals surface area contributed by atoms with Crippen molar-refractivity contribution < 1.29 is 10.2 Å². The van der Waals surface area contributed by atoms with Gasteiger partial charge in [-0.05, 0) is 35.9 Å². The van der Waals surface area contributed by atoms with E-state index in [4.69, 9.17) is 0 Å². The molecule has 3 aromatic carbocycles. The van der Waals surface area contributed by atoms with Gasteiger partial charge in [0.05, 0.1) is 17.4 Å². The monoisotopic (exact) mass is 350 g/mol. The van der Waals surface area contributed by atoms with Crippen LogP contribution >= 0.6 is 0 Å². The Bertz CT molecular complexity index is 1170. The number of anilines is 3. The Morgan fingerprint density at radius 2 is 1.69 bits per heavy atom. The molecule has 0 aliphatic rings. The third-order valence-corrected chi connectivity index (χ3v) is 4.03. The van der Waals surface area contributed by atoms with Crippen LogP contribution in [0.1, 0.15) is 5.56 Å². The molecular formula is C18H14N4O4. The Labute approximate surface area is 146 Å². The number of phenolic OH excluding ortho intramolecular Hbond substituents is 2. The summed E-state index contributed by atoms with van der Waals surface area (Å²) in [5, 5.41) is 24.8. The Morgan fingerprint density at radius 3 is 2.46 bits per heavy atom. The summed E-state index contributed by atoms with van der Waals surface area (Å²) < 4.78 is 0. The van der Waals surface area contributed by atoms with E-state index in [2.05, 4.69) is 20.6 Å². The molecule has 0 aliphatic carbocycles. The van der Waals surface area contributed by atoms with Crippen molar-refractivity contribution in [3.63, 3.8) is 0 Å². The van der Waals surface area contributed by atoms with Crippen molar-refractivity contribution in [2.45, 2.75) is 6.54 Å². The summed E-state index contributed by atoms with van der Waals surface area (Å²) >= 11 is 0. The van der Waals surface area contributed by atoms with Crippen LogP contribution in [0, 0.1) is 0 Å². The predicted octanol–water partition coefficient (Wildman–Crippen LogP) is 1.93. The molecule has 0 unspecified atom stereocenters.